The quantitative estimate of drug-likeness (QED) is 0.288. The number of halogens is 2. The molecule has 32 heavy (non-hydrogen) atoms. The van der Waals surface area contributed by atoms with Gasteiger partial charge in [0.15, 0.2) is 17.7 Å². The van der Waals surface area contributed by atoms with Crippen molar-refractivity contribution < 1.29 is 33.0 Å². The van der Waals surface area contributed by atoms with Gasteiger partial charge in [-0.1, -0.05) is 25.3 Å². The Labute approximate surface area is 187 Å². The number of hydrogen-bond donors (Lipinski definition) is 1. The van der Waals surface area contributed by atoms with E-state index < -0.39 is 35.3 Å². The van der Waals surface area contributed by atoms with Crippen LogP contribution in [0.2, 0.25) is 0 Å². The molecule has 0 fully saturated rings. The molecule has 0 bridgehead atoms. The normalized spacial score (nSPS) is 12.6. The second kappa shape index (κ2) is 8.44. The summed E-state index contributed by atoms with van der Waals surface area (Å²) >= 11 is 0.829. The Bertz CT molecular complexity index is 1280. The van der Waals surface area contributed by atoms with Crippen LogP contribution in [0.4, 0.5) is 8.78 Å². The SMILES string of the molecule is C=C(C)C(=O)Oc1ccc2c(sc3c(F)c(C(OC(=O)C(=C)C)C(C)(C)O)ccc32)c1F. The molecule has 0 aliphatic rings. The second-order valence-corrected chi connectivity index (χ2v) is 9.11. The smallest absolute Gasteiger partial charge is 0.338 e. The minimum absolute atomic E-state index is 0.0551. The Hall–Kier alpha value is -3.10. The molecule has 3 rings (SSSR count). The van der Waals surface area contributed by atoms with Crippen LogP contribution in [-0.2, 0) is 14.3 Å². The Morgan fingerprint density at radius 3 is 2.03 bits per heavy atom. The molecule has 5 nitrogen and oxygen atoms in total. The molecular weight excluding hydrogens is 438 g/mol. The van der Waals surface area contributed by atoms with Crippen LogP contribution in [0.25, 0.3) is 20.2 Å². The highest BCUT2D eigenvalue weighted by molar-refractivity contribution is 7.25. The molecule has 1 heterocycles. The predicted molar refractivity (Wildman–Crippen MR) is 120 cm³/mol. The number of esters is 2. The van der Waals surface area contributed by atoms with Gasteiger partial charge in [0.1, 0.15) is 11.4 Å². The molecule has 1 aromatic heterocycles. The number of ether oxygens (including phenoxy) is 2. The molecule has 0 aliphatic heterocycles. The molecule has 0 saturated heterocycles. The van der Waals surface area contributed by atoms with Gasteiger partial charge in [-0.25, -0.2) is 18.4 Å². The fourth-order valence-electron chi connectivity index (χ4n) is 3.10. The fourth-order valence-corrected chi connectivity index (χ4v) is 4.28. The summed E-state index contributed by atoms with van der Waals surface area (Å²) in [5, 5.41) is 11.4. The van der Waals surface area contributed by atoms with Gasteiger partial charge in [-0.3, -0.25) is 0 Å². The van der Waals surface area contributed by atoms with Crippen LogP contribution in [0.3, 0.4) is 0 Å². The molecular formula is C24H22F2O5S. The Kier molecular flexibility index (Phi) is 6.22. The first-order chi connectivity index (χ1) is 14.8. The van der Waals surface area contributed by atoms with Crippen molar-refractivity contribution in [3.05, 3.63) is 65.8 Å². The van der Waals surface area contributed by atoms with Crippen LogP contribution in [0.15, 0.2) is 48.6 Å². The number of rotatable bonds is 6. The average molecular weight is 460 g/mol. The third kappa shape index (κ3) is 4.28. The number of benzene rings is 2. The van der Waals surface area contributed by atoms with Crippen molar-refractivity contribution >= 4 is 43.4 Å². The largest absolute Gasteiger partial charge is 0.451 e. The molecule has 3 aromatic rings. The lowest BCUT2D eigenvalue weighted by Gasteiger charge is -2.29. The molecule has 2 aromatic carbocycles. The zero-order valence-electron chi connectivity index (χ0n) is 18.0. The summed E-state index contributed by atoms with van der Waals surface area (Å²) in [7, 11) is 0. The highest BCUT2D eigenvalue weighted by Crippen LogP contribution is 2.43. The fraction of sp³-hybridized carbons (Fsp3) is 0.250. The number of fused-ring (bicyclic) bond motifs is 3. The molecule has 0 saturated carbocycles. The van der Waals surface area contributed by atoms with Gasteiger partial charge in [0.25, 0.3) is 0 Å². The van der Waals surface area contributed by atoms with Gasteiger partial charge in [0, 0.05) is 27.5 Å². The molecule has 1 unspecified atom stereocenters. The summed E-state index contributed by atoms with van der Waals surface area (Å²) < 4.78 is 41.1. The Morgan fingerprint density at radius 2 is 1.50 bits per heavy atom. The maximum Gasteiger partial charge on any atom is 0.338 e. The molecule has 8 heteroatoms. The van der Waals surface area contributed by atoms with E-state index in [1.807, 2.05) is 0 Å². The maximum atomic E-state index is 15.6. The zero-order chi connectivity index (χ0) is 24.0. The van der Waals surface area contributed by atoms with Crippen molar-refractivity contribution in [3.8, 4) is 5.75 Å². The van der Waals surface area contributed by atoms with E-state index in [1.54, 1.807) is 6.07 Å². The van der Waals surface area contributed by atoms with E-state index in [-0.39, 0.29) is 31.9 Å². The minimum atomic E-state index is -1.61. The van der Waals surface area contributed by atoms with Gasteiger partial charge in [-0.2, -0.15) is 0 Å². The van der Waals surface area contributed by atoms with Crippen LogP contribution < -0.4 is 4.74 Å². The molecule has 0 aliphatic carbocycles. The number of carbonyl (C=O) groups is 2. The van der Waals surface area contributed by atoms with E-state index in [9.17, 15) is 14.7 Å². The molecule has 1 atom stereocenters. The van der Waals surface area contributed by atoms with E-state index in [4.69, 9.17) is 9.47 Å². The third-order valence-corrected chi connectivity index (χ3v) is 5.94. The minimum Gasteiger partial charge on any atom is -0.451 e. The van der Waals surface area contributed by atoms with Crippen LogP contribution in [0.1, 0.15) is 39.4 Å². The van der Waals surface area contributed by atoms with Crippen molar-refractivity contribution in [2.45, 2.75) is 39.4 Å². The lowest BCUT2D eigenvalue weighted by atomic mass is 9.93. The van der Waals surface area contributed by atoms with Crippen LogP contribution >= 0.6 is 11.3 Å². The topological polar surface area (TPSA) is 72.8 Å². The second-order valence-electron chi connectivity index (χ2n) is 8.09. The van der Waals surface area contributed by atoms with E-state index in [2.05, 4.69) is 13.2 Å². The highest BCUT2D eigenvalue weighted by Gasteiger charge is 2.35. The summed E-state index contributed by atoms with van der Waals surface area (Å²) in [6.07, 6.45) is -1.32. The van der Waals surface area contributed by atoms with Crippen molar-refractivity contribution in [1.82, 2.24) is 0 Å². The van der Waals surface area contributed by atoms with Gasteiger partial charge >= 0.3 is 11.9 Å². The maximum absolute atomic E-state index is 15.6. The summed E-state index contributed by atoms with van der Waals surface area (Å²) in [4.78, 5) is 23.8. The van der Waals surface area contributed by atoms with E-state index in [0.717, 1.165) is 11.3 Å². The third-order valence-electron chi connectivity index (χ3n) is 4.73. The van der Waals surface area contributed by atoms with Crippen molar-refractivity contribution in [2.24, 2.45) is 0 Å². The number of thiophene rings is 1. The first-order valence-electron chi connectivity index (χ1n) is 9.62. The lowest BCUT2D eigenvalue weighted by Crippen LogP contribution is -2.33. The van der Waals surface area contributed by atoms with E-state index in [0.29, 0.717) is 10.8 Å². The molecule has 0 amide bonds. The lowest BCUT2D eigenvalue weighted by molar-refractivity contribution is -0.158. The first kappa shape index (κ1) is 23.6. The monoisotopic (exact) mass is 460 g/mol. The van der Waals surface area contributed by atoms with Crippen LogP contribution in [0, 0.1) is 11.6 Å². The number of hydrogen-bond acceptors (Lipinski definition) is 6. The summed E-state index contributed by atoms with van der Waals surface area (Å²) in [6.45, 7) is 12.6. The van der Waals surface area contributed by atoms with E-state index >= 15 is 8.78 Å². The zero-order valence-corrected chi connectivity index (χ0v) is 18.9. The van der Waals surface area contributed by atoms with Crippen molar-refractivity contribution in [3.63, 3.8) is 0 Å². The average Bonchev–Trinajstić information content (AvgIpc) is 3.08. The van der Waals surface area contributed by atoms with E-state index in [1.165, 1.54) is 45.9 Å². The summed E-state index contributed by atoms with van der Waals surface area (Å²) in [5.41, 5.74) is -1.45. The van der Waals surface area contributed by atoms with Crippen molar-refractivity contribution in [1.29, 1.82) is 0 Å². The van der Waals surface area contributed by atoms with Crippen LogP contribution in [-0.4, -0.2) is 22.6 Å². The van der Waals surface area contributed by atoms with Gasteiger partial charge < -0.3 is 14.6 Å². The molecule has 0 radical (unpaired) electrons. The molecule has 0 spiro atoms. The number of carbonyl (C=O) groups excluding carboxylic acids is 2. The Morgan fingerprint density at radius 1 is 0.969 bits per heavy atom. The van der Waals surface area contributed by atoms with Gasteiger partial charge in [0.05, 0.1) is 9.40 Å². The summed E-state index contributed by atoms with van der Waals surface area (Å²) in [6, 6.07) is 5.79. The highest BCUT2D eigenvalue weighted by atomic mass is 32.1. The van der Waals surface area contributed by atoms with Gasteiger partial charge in [0.2, 0.25) is 0 Å². The van der Waals surface area contributed by atoms with Gasteiger partial charge in [-0.05, 0) is 39.8 Å². The Balaban J connectivity index is 2.16. The standard InChI is InChI=1S/C24H22F2O5S/c1-11(2)22(27)30-16-10-9-14-13-7-8-15(17(25)19(13)32-20(14)18(16)26)21(24(5,6)29)31-23(28)12(3)4/h7-10,21,29H,1,3H2,2,4-6H3. The van der Waals surface area contributed by atoms with Crippen molar-refractivity contribution in [2.75, 3.05) is 0 Å². The predicted octanol–water partition coefficient (Wildman–Crippen LogP) is 5.75. The van der Waals surface area contributed by atoms with Crippen LogP contribution in [0.5, 0.6) is 5.75 Å². The molecule has 1 N–H and O–H groups in total. The first-order valence-corrected chi connectivity index (χ1v) is 10.4. The summed E-state index contributed by atoms with van der Waals surface area (Å²) in [5.74, 6) is -3.38. The molecule has 168 valence electrons. The van der Waals surface area contributed by atoms with Gasteiger partial charge in [-0.15, -0.1) is 11.3 Å². The number of aliphatic hydroxyl groups is 1.